The number of rotatable bonds is 5. The first-order valence-electron chi connectivity index (χ1n) is 5.47. The van der Waals surface area contributed by atoms with Gasteiger partial charge in [0.15, 0.2) is 0 Å². The number of anilines is 1. The zero-order valence-corrected chi connectivity index (χ0v) is 9.35. The lowest BCUT2D eigenvalue weighted by Crippen LogP contribution is -2.05. The topological polar surface area (TPSA) is 77.4 Å². The molecule has 2 N–H and O–H groups in total. The number of imidazole rings is 1. The molecule has 0 aliphatic carbocycles. The van der Waals surface area contributed by atoms with Crippen LogP contribution in [0, 0.1) is 11.3 Å². The van der Waals surface area contributed by atoms with Crippen molar-refractivity contribution in [2.75, 3.05) is 11.9 Å². The second-order valence-corrected chi connectivity index (χ2v) is 3.61. The molecule has 0 aromatic carbocycles. The highest BCUT2D eigenvalue weighted by molar-refractivity contribution is 5.42. The molecular weight excluding hydrogens is 214 g/mol. The number of nitrogens with zero attached hydrogens (tertiary/aromatic N) is 3. The third-order valence-electron chi connectivity index (χ3n) is 2.34. The first-order chi connectivity index (χ1) is 8.38. The number of hydrogen-bond donors (Lipinski definition) is 2. The fourth-order valence-corrected chi connectivity index (χ4v) is 1.50. The van der Waals surface area contributed by atoms with Crippen molar-refractivity contribution in [2.45, 2.75) is 12.8 Å². The Labute approximate surface area is 99.5 Å². The highest BCUT2D eigenvalue weighted by Gasteiger charge is 1.97. The van der Waals surface area contributed by atoms with Crippen molar-refractivity contribution in [2.24, 2.45) is 0 Å². The van der Waals surface area contributed by atoms with Crippen molar-refractivity contribution in [3.8, 4) is 6.07 Å². The van der Waals surface area contributed by atoms with Crippen molar-refractivity contribution < 1.29 is 0 Å². The number of hydrogen-bond acceptors (Lipinski definition) is 4. The second-order valence-electron chi connectivity index (χ2n) is 3.61. The molecule has 2 aromatic heterocycles. The monoisotopic (exact) mass is 227 g/mol. The minimum Gasteiger partial charge on any atom is -0.370 e. The van der Waals surface area contributed by atoms with E-state index in [0.29, 0.717) is 5.56 Å². The number of aromatic amines is 1. The van der Waals surface area contributed by atoms with Gasteiger partial charge in [-0.25, -0.2) is 9.97 Å². The summed E-state index contributed by atoms with van der Waals surface area (Å²) in [5.41, 5.74) is 0.619. The van der Waals surface area contributed by atoms with E-state index in [-0.39, 0.29) is 0 Å². The third-order valence-corrected chi connectivity index (χ3v) is 2.34. The Morgan fingerprint density at radius 1 is 1.35 bits per heavy atom. The lowest BCUT2D eigenvalue weighted by atomic mass is 10.2. The van der Waals surface area contributed by atoms with E-state index in [2.05, 4.69) is 26.3 Å². The lowest BCUT2D eigenvalue weighted by molar-refractivity contribution is 0.814. The van der Waals surface area contributed by atoms with Crippen LogP contribution in [0.5, 0.6) is 0 Å². The smallest absolute Gasteiger partial charge is 0.127 e. The van der Waals surface area contributed by atoms with Gasteiger partial charge in [-0.05, 0) is 18.6 Å². The molecule has 0 atom stereocenters. The van der Waals surface area contributed by atoms with Gasteiger partial charge in [0.2, 0.25) is 0 Å². The van der Waals surface area contributed by atoms with Crippen LogP contribution in [0.1, 0.15) is 17.8 Å². The Bertz CT molecular complexity index is 498. The highest BCUT2D eigenvalue weighted by Crippen LogP contribution is 2.05. The molecule has 0 aliphatic heterocycles. The van der Waals surface area contributed by atoms with E-state index in [1.54, 1.807) is 24.5 Å². The van der Waals surface area contributed by atoms with Crippen LogP contribution < -0.4 is 5.32 Å². The van der Waals surface area contributed by atoms with Gasteiger partial charge >= 0.3 is 0 Å². The number of H-pyrrole nitrogens is 1. The van der Waals surface area contributed by atoms with Crippen LogP contribution >= 0.6 is 0 Å². The van der Waals surface area contributed by atoms with Crippen molar-refractivity contribution in [1.29, 1.82) is 5.26 Å². The molecule has 5 heteroatoms. The molecule has 2 aromatic rings. The van der Waals surface area contributed by atoms with Gasteiger partial charge in [0.25, 0.3) is 0 Å². The summed E-state index contributed by atoms with van der Waals surface area (Å²) in [5.74, 6) is 1.73. The van der Waals surface area contributed by atoms with Gasteiger partial charge in [-0.15, -0.1) is 0 Å². The molecule has 0 saturated heterocycles. The molecule has 0 aliphatic rings. The lowest BCUT2D eigenvalue weighted by Gasteiger charge is -2.04. The molecule has 17 heavy (non-hydrogen) atoms. The summed E-state index contributed by atoms with van der Waals surface area (Å²) in [5, 5.41) is 11.9. The van der Waals surface area contributed by atoms with E-state index in [4.69, 9.17) is 5.26 Å². The van der Waals surface area contributed by atoms with Crippen LogP contribution in [0.25, 0.3) is 0 Å². The fraction of sp³-hybridized carbons (Fsp3) is 0.250. The van der Waals surface area contributed by atoms with Crippen LogP contribution in [-0.2, 0) is 6.42 Å². The van der Waals surface area contributed by atoms with E-state index in [0.717, 1.165) is 31.0 Å². The largest absolute Gasteiger partial charge is 0.370 e. The van der Waals surface area contributed by atoms with Crippen LogP contribution in [-0.4, -0.2) is 21.5 Å². The van der Waals surface area contributed by atoms with Gasteiger partial charge < -0.3 is 10.3 Å². The quantitative estimate of drug-likeness (QED) is 0.762. The summed E-state index contributed by atoms with van der Waals surface area (Å²) in [6.45, 7) is 0.808. The highest BCUT2D eigenvalue weighted by atomic mass is 15.0. The minimum absolute atomic E-state index is 0.619. The van der Waals surface area contributed by atoms with Crippen LogP contribution in [0.4, 0.5) is 5.82 Å². The van der Waals surface area contributed by atoms with Gasteiger partial charge in [-0.1, -0.05) is 0 Å². The third kappa shape index (κ3) is 3.31. The number of nitrogens with one attached hydrogen (secondary N) is 2. The van der Waals surface area contributed by atoms with Crippen LogP contribution in [0.15, 0.2) is 30.7 Å². The minimum atomic E-state index is 0.619. The molecule has 2 heterocycles. The summed E-state index contributed by atoms with van der Waals surface area (Å²) >= 11 is 0. The molecule has 0 amide bonds. The maximum absolute atomic E-state index is 8.74. The average Bonchev–Trinajstić information content (AvgIpc) is 2.88. The normalized spacial score (nSPS) is 9.82. The predicted molar refractivity (Wildman–Crippen MR) is 64.4 cm³/mol. The van der Waals surface area contributed by atoms with Gasteiger partial charge in [0.05, 0.1) is 11.6 Å². The van der Waals surface area contributed by atoms with E-state index in [9.17, 15) is 0 Å². The summed E-state index contributed by atoms with van der Waals surface area (Å²) in [7, 11) is 0. The zero-order chi connectivity index (χ0) is 11.9. The van der Waals surface area contributed by atoms with Crippen molar-refractivity contribution in [3.63, 3.8) is 0 Å². The zero-order valence-electron chi connectivity index (χ0n) is 9.35. The molecule has 0 spiro atoms. The summed E-state index contributed by atoms with van der Waals surface area (Å²) < 4.78 is 0. The van der Waals surface area contributed by atoms with Crippen molar-refractivity contribution in [3.05, 3.63) is 42.1 Å². The number of aromatic nitrogens is 3. The van der Waals surface area contributed by atoms with Crippen molar-refractivity contribution in [1.82, 2.24) is 15.0 Å². The number of nitriles is 1. The van der Waals surface area contributed by atoms with Gasteiger partial charge in [0.1, 0.15) is 11.6 Å². The maximum atomic E-state index is 8.74. The predicted octanol–water partition coefficient (Wildman–Crippen LogP) is 1.72. The molecule has 0 unspecified atom stereocenters. The van der Waals surface area contributed by atoms with Gasteiger partial charge in [-0.3, -0.25) is 0 Å². The van der Waals surface area contributed by atoms with Crippen molar-refractivity contribution >= 4 is 5.82 Å². The second kappa shape index (κ2) is 5.66. The molecule has 86 valence electrons. The fourth-order valence-electron chi connectivity index (χ4n) is 1.50. The van der Waals surface area contributed by atoms with Gasteiger partial charge in [-0.2, -0.15) is 5.26 Å². The first-order valence-corrected chi connectivity index (χ1v) is 5.47. The Balaban J connectivity index is 1.76. The van der Waals surface area contributed by atoms with E-state index in [1.807, 2.05) is 6.20 Å². The Morgan fingerprint density at radius 2 is 2.29 bits per heavy atom. The maximum Gasteiger partial charge on any atom is 0.127 e. The Hall–Kier alpha value is -2.35. The van der Waals surface area contributed by atoms with E-state index < -0.39 is 0 Å². The molecule has 0 radical (unpaired) electrons. The molecule has 2 rings (SSSR count). The van der Waals surface area contributed by atoms with E-state index >= 15 is 0 Å². The van der Waals surface area contributed by atoms with Gasteiger partial charge in [0, 0.05) is 31.6 Å². The molecular formula is C12H13N5. The molecule has 0 saturated carbocycles. The summed E-state index contributed by atoms with van der Waals surface area (Å²) in [6.07, 6.45) is 7.07. The number of aryl methyl sites for hydroxylation is 1. The Kier molecular flexibility index (Phi) is 3.71. The first kappa shape index (κ1) is 11.1. The average molecular weight is 227 g/mol. The van der Waals surface area contributed by atoms with Crippen LogP contribution in [0.2, 0.25) is 0 Å². The summed E-state index contributed by atoms with van der Waals surface area (Å²) in [4.78, 5) is 11.3. The summed E-state index contributed by atoms with van der Waals surface area (Å²) in [6, 6.07) is 5.52. The molecule has 0 bridgehead atoms. The molecule has 5 nitrogen and oxygen atoms in total. The standard InChI is InChI=1S/C12H13N5/c13-9-10-3-5-15-12(8-10)14-4-1-2-11-16-6-7-17-11/h3,5-8H,1-2,4H2,(H,14,15)(H,16,17). The SMILES string of the molecule is N#Cc1ccnc(NCCCc2ncc[nH]2)c1. The Morgan fingerprint density at radius 3 is 3.06 bits per heavy atom. The van der Waals surface area contributed by atoms with Crippen LogP contribution in [0.3, 0.4) is 0 Å². The number of pyridine rings is 1. The molecule has 0 fully saturated rings. The van der Waals surface area contributed by atoms with E-state index in [1.165, 1.54) is 0 Å².